The topological polar surface area (TPSA) is 55.8 Å². The Hall–Kier alpha value is -3.00. The van der Waals surface area contributed by atoms with Gasteiger partial charge in [0.15, 0.2) is 11.5 Å². The lowest BCUT2D eigenvalue weighted by molar-refractivity contribution is -0.123. The van der Waals surface area contributed by atoms with E-state index in [1.54, 1.807) is 36.4 Å². The molecule has 0 aromatic heterocycles. The van der Waals surface area contributed by atoms with Crippen LogP contribution in [0.5, 0.6) is 11.5 Å². The minimum absolute atomic E-state index is 0.0926. The van der Waals surface area contributed by atoms with Crippen LogP contribution in [0.4, 0.5) is 9.18 Å². The van der Waals surface area contributed by atoms with Crippen molar-refractivity contribution in [2.45, 2.75) is 13.2 Å². The molecule has 9 heteroatoms. The van der Waals surface area contributed by atoms with Crippen LogP contribution in [0.1, 0.15) is 16.7 Å². The Kier molecular flexibility index (Phi) is 7.46. The van der Waals surface area contributed by atoms with E-state index in [1.165, 1.54) is 25.3 Å². The zero-order chi connectivity index (χ0) is 24.2. The van der Waals surface area contributed by atoms with Gasteiger partial charge in [0.2, 0.25) is 0 Å². The number of carbonyl (C=O) groups is 2. The second kappa shape index (κ2) is 10.5. The summed E-state index contributed by atoms with van der Waals surface area (Å²) in [5.41, 5.74) is 1.65. The van der Waals surface area contributed by atoms with Crippen LogP contribution in [-0.4, -0.2) is 23.2 Å². The highest BCUT2D eigenvalue weighted by atomic mass is 35.5. The van der Waals surface area contributed by atoms with Crippen molar-refractivity contribution in [3.05, 3.63) is 98.1 Å². The first-order chi connectivity index (χ1) is 16.4. The van der Waals surface area contributed by atoms with Gasteiger partial charge in [-0.05, 0) is 65.4 Å². The van der Waals surface area contributed by atoms with E-state index in [4.69, 9.17) is 32.7 Å². The number of hydrogen-bond acceptors (Lipinski definition) is 5. The molecule has 1 aliphatic rings. The van der Waals surface area contributed by atoms with E-state index in [2.05, 4.69) is 0 Å². The standard InChI is InChI=1S/C25H18Cl2FNO4S/c1-32-21-10-7-16(11-22(21)33-14-15-5-8-17(26)9-6-15)12-23-24(30)29(25(31)34-23)13-18-19(27)3-2-4-20(18)28/h2-12H,13-14H2,1H3/b23-12-. The normalized spacial score (nSPS) is 14.7. The quantitative estimate of drug-likeness (QED) is 0.317. The van der Waals surface area contributed by atoms with Gasteiger partial charge < -0.3 is 9.47 Å². The molecule has 0 spiro atoms. The Bertz CT molecular complexity index is 1260. The fourth-order valence-electron chi connectivity index (χ4n) is 3.27. The molecule has 1 aliphatic heterocycles. The molecule has 0 atom stereocenters. The molecule has 174 valence electrons. The SMILES string of the molecule is COc1ccc(/C=C2\SC(=O)N(Cc3c(F)cccc3Cl)C2=O)cc1OCc1ccc(Cl)cc1. The molecular formula is C25H18Cl2FNO4S. The van der Waals surface area contributed by atoms with Crippen molar-refractivity contribution in [2.24, 2.45) is 0 Å². The molecule has 4 rings (SSSR count). The van der Waals surface area contributed by atoms with Crippen molar-refractivity contribution in [3.63, 3.8) is 0 Å². The third-order valence-electron chi connectivity index (χ3n) is 5.04. The van der Waals surface area contributed by atoms with E-state index >= 15 is 0 Å². The predicted octanol–water partition coefficient (Wildman–Crippen LogP) is 6.96. The molecule has 1 heterocycles. The average Bonchev–Trinajstić information content (AvgIpc) is 3.08. The number of amides is 2. The lowest BCUT2D eigenvalue weighted by Crippen LogP contribution is -2.28. The van der Waals surface area contributed by atoms with Crippen molar-refractivity contribution in [1.29, 1.82) is 0 Å². The van der Waals surface area contributed by atoms with Crippen molar-refractivity contribution in [3.8, 4) is 11.5 Å². The minimum Gasteiger partial charge on any atom is -0.493 e. The largest absolute Gasteiger partial charge is 0.493 e. The van der Waals surface area contributed by atoms with Gasteiger partial charge in [-0.3, -0.25) is 14.5 Å². The molecule has 3 aromatic carbocycles. The zero-order valence-corrected chi connectivity index (χ0v) is 20.2. The van der Waals surface area contributed by atoms with E-state index in [-0.39, 0.29) is 28.6 Å². The molecule has 34 heavy (non-hydrogen) atoms. The third kappa shape index (κ3) is 5.38. The first-order valence-electron chi connectivity index (χ1n) is 10.1. The number of benzene rings is 3. The molecular weight excluding hydrogens is 500 g/mol. The Labute approximate surface area is 210 Å². The summed E-state index contributed by atoms with van der Waals surface area (Å²) in [5, 5.41) is 0.290. The maximum atomic E-state index is 14.1. The van der Waals surface area contributed by atoms with Gasteiger partial charge in [-0.1, -0.05) is 47.5 Å². The van der Waals surface area contributed by atoms with E-state index in [0.717, 1.165) is 22.2 Å². The molecule has 0 unspecified atom stereocenters. The summed E-state index contributed by atoms with van der Waals surface area (Å²) in [7, 11) is 1.53. The molecule has 0 radical (unpaired) electrons. The van der Waals surface area contributed by atoms with Gasteiger partial charge in [0.1, 0.15) is 12.4 Å². The second-order valence-corrected chi connectivity index (χ2v) is 9.13. The number of thioether (sulfide) groups is 1. The summed E-state index contributed by atoms with van der Waals surface area (Å²) in [4.78, 5) is 26.5. The monoisotopic (exact) mass is 517 g/mol. The molecule has 2 amide bonds. The van der Waals surface area contributed by atoms with Crippen molar-refractivity contribution < 1.29 is 23.5 Å². The van der Waals surface area contributed by atoms with Crippen LogP contribution >= 0.6 is 35.0 Å². The lowest BCUT2D eigenvalue weighted by atomic mass is 10.1. The highest BCUT2D eigenvalue weighted by molar-refractivity contribution is 8.18. The molecule has 0 N–H and O–H groups in total. The number of hydrogen-bond donors (Lipinski definition) is 0. The third-order valence-corrected chi connectivity index (χ3v) is 6.56. The van der Waals surface area contributed by atoms with Crippen LogP contribution in [-0.2, 0) is 17.9 Å². The molecule has 0 bridgehead atoms. The Morgan fingerprint density at radius 3 is 2.50 bits per heavy atom. The average molecular weight is 518 g/mol. The molecule has 5 nitrogen and oxygen atoms in total. The molecule has 1 saturated heterocycles. The van der Waals surface area contributed by atoms with E-state index in [0.29, 0.717) is 22.1 Å². The Balaban J connectivity index is 1.54. The summed E-state index contributed by atoms with van der Waals surface area (Å²) in [6.45, 7) is 0.0441. The smallest absolute Gasteiger partial charge is 0.293 e. The number of halogens is 3. The second-order valence-electron chi connectivity index (χ2n) is 7.29. The number of ether oxygens (including phenoxy) is 2. The summed E-state index contributed by atoms with van der Waals surface area (Å²) >= 11 is 12.8. The van der Waals surface area contributed by atoms with Gasteiger partial charge >= 0.3 is 0 Å². The van der Waals surface area contributed by atoms with Gasteiger partial charge in [0, 0.05) is 15.6 Å². The maximum absolute atomic E-state index is 14.1. The summed E-state index contributed by atoms with van der Waals surface area (Å²) in [6.07, 6.45) is 1.59. The number of carbonyl (C=O) groups excluding carboxylic acids is 2. The van der Waals surface area contributed by atoms with Crippen LogP contribution in [0, 0.1) is 5.82 Å². The lowest BCUT2D eigenvalue weighted by Gasteiger charge is -2.14. The van der Waals surface area contributed by atoms with Crippen LogP contribution in [0.3, 0.4) is 0 Å². The zero-order valence-electron chi connectivity index (χ0n) is 17.9. The number of imide groups is 1. The first kappa shape index (κ1) is 24.1. The predicted molar refractivity (Wildman–Crippen MR) is 132 cm³/mol. The fraction of sp³-hybridized carbons (Fsp3) is 0.120. The molecule has 1 fully saturated rings. The Morgan fingerprint density at radius 2 is 1.79 bits per heavy atom. The summed E-state index contributed by atoms with van der Waals surface area (Å²) in [5.74, 6) is -0.0982. The molecule has 3 aromatic rings. The van der Waals surface area contributed by atoms with Gasteiger partial charge in [-0.25, -0.2) is 4.39 Å². The summed E-state index contributed by atoms with van der Waals surface area (Å²) in [6, 6.07) is 16.7. The van der Waals surface area contributed by atoms with Crippen molar-refractivity contribution in [1.82, 2.24) is 4.90 Å². The van der Waals surface area contributed by atoms with Gasteiger partial charge in [0.05, 0.1) is 18.6 Å². The van der Waals surface area contributed by atoms with Crippen LogP contribution < -0.4 is 9.47 Å². The number of rotatable bonds is 7. The Morgan fingerprint density at radius 1 is 1.03 bits per heavy atom. The van der Waals surface area contributed by atoms with Crippen LogP contribution in [0.25, 0.3) is 6.08 Å². The van der Waals surface area contributed by atoms with Gasteiger partial charge in [0.25, 0.3) is 11.1 Å². The highest BCUT2D eigenvalue weighted by Crippen LogP contribution is 2.36. The highest BCUT2D eigenvalue weighted by Gasteiger charge is 2.36. The van der Waals surface area contributed by atoms with Gasteiger partial charge in [-0.15, -0.1) is 0 Å². The molecule has 0 saturated carbocycles. The summed E-state index contributed by atoms with van der Waals surface area (Å²) < 4.78 is 25.4. The first-order valence-corrected chi connectivity index (χ1v) is 11.7. The van der Waals surface area contributed by atoms with E-state index in [1.807, 2.05) is 12.1 Å². The van der Waals surface area contributed by atoms with Crippen LogP contribution in [0.2, 0.25) is 10.0 Å². The minimum atomic E-state index is -0.576. The van der Waals surface area contributed by atoms with E-state index in [9.17, 15) is 14.0 Å². The number of nitrogens with zero attached hydrogens (tertiary/aromatic N) is 1. The fourth-order valence-corrected chi connectivity index (χ4v) is 4.45. The van der Waals surface area contributed by atoms with Crippen molar-refractivity contribution in [2.75, 3.05) is 7.11 Å². The van der Waals surface area contributed by atoms with Gasteiger partial charge in [-0.2, -0.15) is 0 Å². The van der Waals surface area contributed by atoms with Crippen molar-refractivity contribution >= 4 is 52.2 Å². The van der Waals surface area contributed by atoms with Crippen LogP contribution in [0.15, 0.2) is 65.6 Å². The number of methoxy groups -OCH3 is 1. The maximum Gasteiger partial charge on any atom is 0.293 e. The van der Waals surface area contributed by atoms with E-state index < -0.39 is 17.0 Å². The molecule has 0 aliphatic carbocycles.